The quantitative estimate of drug-likeness (QED) is 0.584. The van der Waals surface area contributed by atoms with Crippen LogP contribution in [-0.2, 0) is 4.79 Å². The summed E-state index contributed by atoms with van der Waals surface area (Å²) < 4.78 is 12.3. The van der Waals surface area contributed by atoms with E-state index in [1.54, 1.807) is 6.92 Å². The molecule has 1 rings (SSSR count). The summed E-state index contributed by atoms with van der Waals surface area (Å²) in [5, 5.41) is 11.2. The molecule has 0 radical (unpaired) electrons. The van der Waals surface area contributed by atoms with Gasteiger partial charge in [-0.3, -0.25) is 9.18 Å². The summed E-state index contributed by atoms with van der Waals surface area (Å²) in [5.41, 5.74) is 0. The van der Waals surface area contributed by atoms with Gasteiger partial charge in [-0.15, -0.1) is 0 Å². The molecule has 0 saturated carbocycles. The van der Waals surface area contributed by atoms with Gasteiger partial charge >= 0.3 is 0 Å². The van der Waals surface area contributed by atoms with E-state index in [-0.39, 0.29) is 30.4 Å². The number of carbonyl (C=O) groups is 1. The smallest absolute Gasteiger partial charge is 0.223 e. The Morgan fingerprint density at radius 2 is 2.36 bits per heavy atom. The Morgan fingerprint density at radius 1 is 1.73 bits per heavy atom. The van der Waals surface area contributed by atoms with Crippen LogP contribution in [0.15, 0.2) is 0 Å². The summed E-state index contributed by atoms with van der Waals surface area (Å²) in [4.78, 5) is 10.9. The third-order valence-corrected chi connectivity index (χ3v) is 2.28. The Hall–Kier alpha value is -0.640. The molecule has 1 aliphatic heterocycles. The third kappa shape index (κ3) is 1.35. The standard InChI is InChI=1S/C7H12FNO2/c1-4-5(2-8)6(3-10)9-7(4)11/h4-6,10H,2-3H2,1H3,(H,9,11). The Bertz CT molecular complexity index is 163. The van der Waals surface area contributed by atoms with Crippen LogP contribution in [0.4, 0.5) is 4.39 Å². The van der Waals surface area contributed by atoms with E-state index < -0.39 is 6.67 Å². The van der Waals surface area contributed by atoms with Crippen molar-refractivity contribution in [3.05, 3.63) is 0 Å². The van der Waals surface area contributed by atoms with Gasteiger partial charge in [0.25, 0.3) is 0 Å². The summed E-state index contributed by atoms with van der Waals surface area (Å²) in [6, 6.07) is -0.387. The van der Waals surface area contributed by atoms with Gasteiger partial charge in [0.15, 0.2) is 0 Å². The molecule has 2 N–H and O–H groups in total. The highest BCUT2D eigenvalue weighted by Crippen LogP contribution is 2.23. The fraction of sp³-hybridized carbons (Fsp3) is 0.857. The van der Waals surface area contributed by atoms with E-state index in [0.717, 1.165) is 0 Å². The molecule has 1 heterocycles. The predicted octanol–water partition coefficient (Wildman–Crippen LogP) is -0.301. The van der Waals surface area contributed by atoms with Crippen molar-refractivity contribution in [1.29, 1.82) is 0 Å². The number of rotatable bonds is 2. The lowest BCUT2D eigenvalue weighted by atomic mass is 9.93. The molecule has 0 aromatic heterocycles. The number of aliphatic hydroxyl groups is 1. The van der Waals surface area contributed by atoms with Crippen LogP contribution < -0.4 is 5.32 Å². The first-order valence-electron chi connectivity index (χ1n) is 3.68. The summed E-state index contributed by atoms with van der Waals surface area (Å²) in [5.74, 6) is -0.823. The average molecular weight is 161 g/mol. The molecular weight excluding hydrogens is 149 g/mol. The average Bonchev–Trinajstić information content (AvgIpc) is 2.28. The third-order valence-electron chi connectivity index (χ3n) is 2.28. The molecule has 0 aromatic rings. The van der Waals surface area contributed by atoms with Crippen LogP contribution in [-0.4, -0.2) is 30.3 Å². The molecule has 64 valence electrons. The van der Waals surface area contributed by atoms with Crippen LogP contribution in [0.1, 0.15) is 6.92 Å². The minimum atomic E-state index is -0.550. The highest BCUT2D eigenvalue weighted by molar-refractivity contribution is 5.81. The Kier molecular flexibility index (Phi) is 2.44. The van der Waals surface area contributed by atoms with Crippen molar-refractivity contribution < 1.29 is 14.3 Å². The number of carbonyl (C=O) groups excluding carboxylic acids is 1. The number of nitrogens with one attached hydrogen (secondary N) is 1. The van der Waals surface area contributed by atoms with Gasteiger partial charge in [-0.1, -0.05) is 6.92 Å². The molecule has 0 spiro atoms. The lowest BCUT2D eigenvalue weighted by Crippen LogP contribution is -2.33. The van der Waals surface area contributed by atoms with Crippen molar-refractivity contribution in [3.63, 3.8) is 0 Å². The second kappa shape index (κ2) is 3.17. The monoisotopic (exact) mass is 161 g/mol. The van der Waals surface area contributed by atoms with E-state index >= 15 is 0 Å². The molecule has 3 nitrogen and oxygen atoms in total. The van der Waals surface area contributed by atoms with Crippen molar-refractivity contribution >= 4 is 5.91 Å². The molecule has 0 aromatic carbocycles. The molecular formula is C7H12FNO2. The highest BCUT2D eigenvalue weighted by Gasteiger charge is 2.38. The van der Waals surface area contributed by atoms with Gasteiger partial charge in [0, 0.05) is 11.8 Å². The summed E-state index contributed by atoms with van der Waals surface area (Å²) >= 11 is 0. The van der Waals surface area contributed by atoms with Crippen molar-refractivity contribution in [2.75, 3.05) is 13.3 Å². The maximum atomic E-state index is 12.3. The molecule has 11 heavy (non-hydrogen) atoms. The molecule has 0 aliphatic carbocycles. The van der Waals surface area contributed by atoms with Crippen molar-refractivity contribution in [2.45, 2.75) is 13.0 Å². The van der Waals surface area contributed by atoms with Gasteiger partial charge in [0.05, 0.1) is 19.3 Å². The first-order valence-corrected chi connectivity index (χ1v) is 3.68. The van der Waals surface area contributed by atoms with Crippen LogP contribution in [0.3, 0.4) is 0 Å². The number of amides is 1. The molecule has 1 aliphatic rings. The van der Waals surface area contributed by atoms with Crippen molar-refractivity contribution in [2.24, 2.45) is 11.8 Å². The minimum absolute atomic E-state index is 0.160. The van der Waals surface area contributed by atoms with E-state index in [4.69, 9.17) is 5.11 Å². The van der Waals surface area contributed by atoms with Gasteiger partial charge in [-0.25, -0.2) is 0 Å². The van der Waals surface area contributed by atoms with Crippen LogP contribution in [0.5, 0.6) is 0 Å². The topological polar surface area (TPSA) is 49.3 Å². The summed E-state index contributed by atoms with van der Waals surface area (Å²) in [6.07, 6.45) is 0. The number of halogens is 1. The first kappa shape index (κ1) is 8.46. The Morgan fingerprint density at radius 3 is 2.73 bits per heavy atom. The van der Waals surface area contributed by atoms with Crippen molar-refractivity contribution in [3.8, 4) is 0 Å². The van der Waals surface area contributed by atoms with E-state index in [1.807, 2.05) is 0 Å². The van der Waals surface area contributed by atoms with E-state index in [1.165, 1.54) is 0 Å². The highest BCUT2D eigenvalue weighted by atomic mass is 19.1. The normalized spacial score (nSPS) is 37.4. The minimum Gasteiger partial charge on any atom is -0.394 e. The van der Waals surface area contributed by atoms with Gasteiger partial charge in [-0.2, -0.15) is 0 Å². The molecule has 1 saturated heterocycles. The zero-order chi connectivity index (χ0) is 8.43. The maximum Gasteiger partial charge on any atom is 0.223 e. The molecule has 4 heteroatoms. The Labute approximate surface area is 64.6 Å². The number of hydrogen-bond acceptors (Lipinski definition) is 2. The summed E-state index contributed by atoms with van der Waals surface area (Å²) in [7, 11) is 0. The van der Waals surface area contributed by atoms with Gasteiger partial charge in [0.1, 0.15) is 0 Å². The lowest BCUT2D eigenvalue weighted by molar-refractivity contribution is -0.122. The van der Waals surface area contributed by atoms with E-state index in [0.29, 0.717) is 0 Å². The lowest BCUT2D eigenvalue weighted by Gasteiger charge is -2.14. The second-order valence-corrected chi connectivity index (χ2v) is 2.90. The summed E-state index contributed by atoms with van der Waals surface area (Å²) in [6.45, 7) is 0.949. The van der Waals surface area contributed by atoms with Crippen LogP contribution in [0.25, 0.3) is 0 Å². The van der Waals surface area contributed by atoms with Crippen LogP contribution in [0.2, 0.25) is 0 Å². The number of alkyl halides is 1. The zero-order valence-electron chi connectivity index (χ0n) is 6.38. The van der Waals surface area contributed by atoms with Gasteiger partial charge < -0.3 is 10.4 Å². The SMILES string of the molecule is CC1C(=O)NC(CO)C1CF. The number of aliphatic hydroxyl groups excluding tert-OH is 1. The molecule has 1 fully saturated rings. The molecule has 3 unspecified atom stereocenters. The molecule has 1 amide bonds. The fourth-order valence-corrected chi connectivity index (χ4v) is 1.39. The first-order chi connectivity index (χ1) is 5.20. The predicted molar refractivity (Wildman–Crippen MR) is 37.6 cm³/mol. The maximum absolute atomic E-state index is 12.3. The van der Waals surface area contributed by atoms with E-state index in [9.17, 15) is 9.18 Å². The largest absolute Gasteiger partial charge is 0.394 e. The molecule has 3 atom stereocenters. The molecule has 0 bridgehead atoms. The number of hydrogen-bond donors (Lipinski definition) is 2. The van der Waals surface area contributed by atoms with Crippen LogP contribution >= 0.6 is 0 Å². The van der Waals surface area contributed by atoms with E-state index in [2.05, 4.69) is 5.32 Å². The Balaban J connectivity index is 2.64. The van der Waals surface area contributed by atoms with Crippen LogP contribution in [0, 0.1) is 11.8 Å². The zero-order valence-corrected chi connectivity index (χ0v) is 6.38. The van der Waals surface area contributed by atoms with Gasteiger partial charge in [0.2, 0.25) is 5.91 Å². The fourth-order valence-electron chi connectivity index (χ4n) is 1.39. The second-order valence-electron chi connectivity index (χ2n) is 2.90. The van der Waals surface area contributed by atoms with Crippen molar-refractivity contribution in [1.82, 2.24) is 5.32 Å². The van der Waals surface area contributed by atoms with Gasteiger partial charge in [-0.05, 0) is 0 Å².